The first-order valence-electron chi connectivity index (χ1n) is 13.0. The third-order valence-electron chi connectivity index (χ3n) is 6.42. The molecule has 0 radical (unpaired) electrons. The van der Waals surface area contributed by atoms with Crippen molar-refractivity contribution in [3.05, 3.63) is 54.1 Å². The highest BCUT2D eigenvalue weighted by Crippen LogP contribution is 2.24. The Labute approximate surface area is 186 Å². The van der Waals surface area contributed by atoms with Crippen molar-refractivity contribution in [2.45, 2.75) is 123 Å². The fraction of sp³-hybridized carbons (Fsp3) is 0.679. The number of nitrogens with one attached hydrogen (secondary N) is 1. The van der Waals surface area contributed by atoms with E-state index in [0.29, 0.717) is 5.92 Å². The Morgan fingerprint density at radius 3 is 1.90 bits per heavy atom. The lowest BCUT2D eigenvalue weighted by molar-refractivity contribution is -0.695. The van der Waals surface area contributed by atoms with Gasteiger partial charge in [-0.2, -0.15) is 0 Å². The van der Waals surface area contributed by atoms with Crippen LogP contribution in [0, 0.1) is 0 Å². The minimum atomic E-state index is 0.664. The summed E-state index contributed by atoms with van der Waals surface area (Å²) in [6, 6.07) is 10.8. The van der Waals surface area contributed by atoms with E-state index in [2.05, 4.69) is 66.1 Å². The van der Waals surface area contributed by atoms with Crippen molar-refractivity contribution in [2.75, 3.05) is 0 Å². The molecule has 0 aliphatic carbocycles. The van der Waals surface area contributed by atoms with Gasteiger partial charge in [-0.1, -0.05) is 128 Å². The van der Waals surface area contributed by atoms with Crippen molar-refractivity contribution in [3.8, 4) is 0 Å². The molecule has 168 valence electrons. The van der Waals surface area contributed by atoms with Crippen LogP contribution in [0.5, 0.6) is 0 Å². The van der Waals surface area contributed by atoms with Crippen LogP contribution in [0.1, 0.15) is 127 Å². The summed E-state index contributed by atoms with van der Waals surface area (Å²) < 4.78 is 2.43. The number of nitrogens with zero attached hydrogens (tertiary/aromatic N) is 1. The Morgan fingerprint density at radius 1 is 0.700 bits per heavy atom. The smallest absolute Gasteiger partial charge is 0.247 e. The molecule has 0 aliphatic rings. The summed E-state index contributed by atoms with van der Waals surface area (Å²) in [4.78, 5) is 3.57. The summed E-state index contributed by atoms with van der Waals surface area (Å²) in [5.74, 6) is 2.08. The molecular weight excluding hydrogens is 364 g/mol. The highest BCUT2D eigenvalue weighted by molar-refractivity contribution is 5.13. The van der Waals surface area contributed by atoms with Crippen LogP contribution in [0.15, 0.2) is 42.7 Å². The van der Waals surface area contributed by atoms with Gasteiger partial charge in [-0.25, -0.2) is 9.55 Å². The van der Waals surface area contributed by atoms with Crippen LogP contribution >= 0.6 is 0 Å². The number of benzene rings is 1. The zero-order valence-corrected chi connectivity index (χ0v) is 19.9. The van der Waals surface area contributed by atoms with Gasteiger partial charge in [0, 0.05) is 0 Å². The number of hydrogen-bond acceptors (Lipinski definition) is 0. The molecule has 0 fully saturated rings. The Bertz CT molecular complexity index is 631. The first-order valence-corrected chi connectivity index (χ1v) is 13.0. The molecule has 0 saturated carbocycles. The predicted molar refractivity (Wildman–Crippen MR) is 130 cm³/mol. The van der Waals surface area contributed by atoms with Gasteiger partial charge in [0.05, 0.1) is 5.92 Å². The molecule has 1 atom stereocenters. The number of rotatable bonds is 18. The molecule has 1 heterocycles. The average molecular weight is 412 g/mol. The number of hydrogen-bond donors (Lipinski definition) is 1. The van der Waals surface area contributed by atoms with E-state index < -0.39 is 0 Å². The molecule has 0 unspecified atom stereocenters. The molecule has 0 bridgehead atoms. The van der Waals surface area contributed by atoms with Crippen molar-refractivity contribution < 1.29 is 4.57 Å². The van der Waals surface area contributed by atoms with E-state index in [9.17, 15) is 0 Å². The lowest BCUT2D eigenvalue weighted by atomic mass is 9.95. The summed E-state index contributed by atoms with van der Waals surface area (Å²) in [5, 5.41) is 0. The van der Waals surface area contributed by atoms with E-state index >= 15 is 0 Å². The van der Waals surface area contributed by atoms with Gasteiger partial charge >= 0.3 is 0 Å². The van der Waals surface area contributed by atoms with Gasteiger partial charge in [-0.3, -0.25) is 0 Å². The largest absolute Gasteiger partial charge is 0.257 e. The van der Waals surface area contributed by atoms with Crippen LogP contribution in [-0.2, 0) is 6.54 Å². The molecule has 2 nitrogen and oxygen atoms in total. The number of aromatic nitrogens is 2. The molecule has 1 N–H and O–H groups in total. The molecule has 30 heavy (non-hydrogen) atoms. The number of imidazole rings is 1. The van der Waals surface area contributed by atoms with E-state index in [-0.39, 0.29) is 0 Å². The van der Waals surface area contributed by atoms with E-state index in [1.54, 1.807) is 0 Å². The van der Waals surface area contributed by atoms with Gasteiger partial charge in [-0.05, 0) is 18.4 Å². The third kappa shape index (κ3) is 9.96. The van der Waals surface area contributed by atoms with Crippen LogP contribution in [0.2, 0.25) is 0 Å². The zero-order valence-electron chi connectivity index (χ0n) is 19.9. The van der Waals surface area contributed by atoms with Crippen LogP contribution in [-0.4, -0.2) is 4.98 Å². The average Bonchev–Trinajstić information content (AvgIpc) is 3.22. The van der Waals surface area contributed by atoms with Gasteiger partial charge in [0.2, 0.25) is 0 Å². The molecule has 2 aromatic rings. The summed E-state index contributed by atoms with van der Waals surface area (Å²) in [5.41, 5.74) is 1.38. The monoisotopic (exact) mass is 411 g/mol. The molecule has 2 rings (SSSR count). The first-order chi connectivity index (χ1) is 14.8. The molecule has 0 saturated heterocycles. The summed E-state index contributed by atoms with van der Waals surface area (Å²) in [6.07, 6.45) is 25.3. The highest BCUT2D eigenvalue weighted by atomic mass is 15.1. The van der Waals surface area contributed by atoms with Gasteiger partial charge in [0.1, 0.15) is 18.9 Å². The highest BCUT2D eigenvalue weighted by Gasteiger charge is 2.22. The van der Waals surface area contributed by atoms with Gasteiger partial charge < -0.3 is 0 Å². The molecule has 0 aliphatic heterocycles. The Hall–Kier alpha value is -1.57. The second-order valence-electron chi connectivity index (χ2n) is 9.12. The fourth-order valence-corrected chi connectivity index (χ4v) is 4.64. The normalized spacial score (nSPS) is 12.3. The van der Waals surface area contributed by atoms with Crippen molar-refractivity contribution in [1.82, 2.24) is 4.98 Å². The Balaban J connectivity index is 1.63. The quantitative estimate of drug-likeness (QED) is 0.188. The minimum Gasteiger partial charge on any atom is -0.247 e. The zero-order chi connectivity index (χ0) is 21.3. The Kier molecular flexibility index (Phi) is 13.3. The molecule has 2 heteroatoms. The van der Waals surface area contributed by atoms with E-state index in [1.807, 2.05) is 0 Å². The maximum atomic E-state index is 3.57. The SMILES string of the molecule is CCCCCCCCCCCCCC[C@H](CCC)c1[nH]cc[n+]1Cc1ccccc1. The van der Waals surface area contributed by atoms with Crippen LogP contribution in [0.25, 0.3) is 0 Å². The third-order valence-corrected chi connectivity index (χ3v) is 6.42. The van der Waals surface area contributed by atoms with E-state index in [1.165, 1.54) is 108 Å². The van der Waals surface area contributed by atoms with E-state index in [4.69, 9.17) is 0 Å². The van der Waals surface area contributed by atoms with Gasteiger partial charge in [0.15, 0.2) is 0 Å². The maximum Gasteiger partial charge on any atom is 0.257 e. The number of H-pyrrole nitrogens is 1. The summed E-state index contributed by atoms with van der Waals surface area (Å²) in [6.45, 7) is 5.59. The van der Waals surface area contributed by atoms with Gasteiger partial charge in [0.25, 0.3) is 5.82 Å². The number of unbranched alkanes of at least 4 members (excludes halogenated alkanes) is 11. The van der Waals surface area contributed by atoms with Crippen molar-refractivity contribution >= 4 is 0 Å². The molecule has 0 amide bonds. The second kappa shape index (κ2) is 16.2. The van der Waals surface area contributed by atoms with Crippen LogP contribution in [0.4, 0.5) is 0 Å². The minimum absolute atomic E-state index is 0.664. The van der Waals surface area contributed by atoms with E-state index in [0.717, 1.165) is 6.54 Å². The maximum absolute atomic E-state index is 3.57. The van der Waals surface area contributed by atoms with Crippen molar-refractivity contribution in [2.24, 2.45) is 0 Å². The topological polar surface area (TPSA) is 19.7 Å². The van der Waals surface area contributed by atoms with Crippen molar-refractivity contribution in [3.63, 3.8) is 0 Å². The number of aromatic amines is 1. The van der Waals surface area contributed by atoms with Crippen LogP contribution in [0.3, 0.4) is 0 Å². The summed E-state index contributed by atoms with van der Waals surface area (Å²) >= 11 is 0. The van der Waals surface area contributed by atoms with Gasteiger partial charge in [-0.15, -0.1) is 0 Å². The second-order valence-corrected chi connectivity index (χ2v) is 9.12. The lowest BCUT2D eigenvalue weighted by Crippen LogP contribution is -2.38. The van der Waals surface area contributed by atoms with Crippen LogP contribution < -0.4 is 4.57 Å². The first kappa shape index (κ1) is 24.7. The van der Waals surface area contributed by atoms with Crippen molar-refractivity contribution in [1.29, 1.82) is 0 Å². The molecule has 0 spiro atoms. The molecule has 1 aromatic carbocycles. The lowest BCUT2D eigenvalue weighted by Gasteiger charge is -2.13. The standard InChI is InChI=1S/C28H46N2/c1-3-5-6-7-8-9-10-11-12-13-14-18-22-27(19-4-2)28-29-23-24-30(28)25-26-20-16-15-17-21-26/h15-17,20-21,23-24,27H,3-14,18-19,22,25H2,1-2H3/p+1/t27-/m0/s1. The fourth-order valence-electron chi connectivity index (χ4n) is 4.64. The summed E-state index contributed by atoms with van der Waals surface area (Å²) in [7, 11) is 0. The Morgan fingerprint density at radius 2 is 1.30 bits per heavy atom. The predicted octanol–water partition coefficient (Wildman–Crippen LogP) is 8.33. The molecular formula is C28H47N2+. The molecule has 1 aromatic heterocycles.